The van der Waals surface area contributed by atoms with Crippen LogP contribution in [-0.2, 0) is 0 Å². The zero-order valence-electron chi connectivity index (χ0n) is 12.5. The van der Waals surface area contributed by atoms with Crippen molar-refractivity contribution < 1.29 is 0 Å². The summed E-state index contributed by atoms with van der Waals surface area (Å²) in [4.78, 5) is 13.7. The van der Waals surface area contributed by atoms with E-state index in [1.54, 1.807) is 6.33 Å². The first kappa shape index (κ1) is 14.1. The van der Waals surface area contributed by atoms with Crippen LogP contribution in [0.4, 0.5) is 11.6 Å². The fourth-order valence-corrected chi connectivity index (χ4v) is 2.63. The van der Waals surface area contributed by atoms with Crippen LogP contribution < -0.4 is 10.2 Å². The van der Waals surface area contributed by atoms with E-state index in [0.717, 1.165) is 37.8 Å². The average molecular weight is 263 g/mol. The van der Waals surface area contributed by atoms with Crippen LogP contribution in [0.25, 0.3) is 0 Å². The van der Waals surface area contributed by atoms with Gasteiger partial charge in [0.1, 0.15) is 18.0 Å². The van der Waals surface area contributed by atoms with Crippen LogP contribution in [0.2, 0.25) is 0 Å². The Labute approximate surface area is 116 Å². The van der Waals surface area contributed by atoms with Crippen LogP contribution >= 0.6 is 0 Å². The van der Waals surface area contributed by atoms with Crippen LogP contribution in [0.1, 0.15) is 31.7 Å². The molecule has 1 aromatic heterocycles. The van der Waals surface area contributed by atoms with Crippen LogP contribution in [0, 0.1) is 0 Å². The SMILES string of the molecule is CNc1ncnc(N2CCCN(C)CC2)c1C(C)C. The molecule has 1 aliphatic heterocycles. The summed E-state index contributed by atoms with van der Waals surface area (Å²) >= 11 is 0. The Morgan fingerprint density at radius 2 is 1.95 bits per heavy atom. The zero-order chi connectivity index (χ0) is 13.8. The van der Waals surface area contributed by atoms with Gasteiger partial charge in [-0.05, 0) is 25.9 Å². The maximum atomic E-state index is 4.56. The second-order valence-corrected chi connectivity index (χ2v) is 5.51. The molecule has 5 nitrogen and oxygen atoms in total. The molecule has 0 spiro atoms. The minimum absolute atomic E-state index is 0.416. The molecule has 1 aromatic rings. The van der Waals surface area contributed by atoms with Crippen molar-refractivity contribution in [2.24, 2.45) is 0 Å². The third-order valence-corrected chi connectivity index (χ3v) is 3.70. The summed E-state index contributed by atoms with van der Waals surface area (Å²) in [5.41, 5.74) is 1.23. The molecule has 1 fully saturated rings. The molecule has 2 rings (SSSR count). The molecule has 0 radical (unpaired) electrons. The highest BCUT2D eigenvalue weighted by Crippen LogP contribution is 2.30. The molecule has 0 amide bonds. The van der Waals surface area contributed by atoms with Crippen LogP contribution in [0.3, 0.4) is 0 Å². The van der Waals surface area contributed by atoms with Gasteiger partial charge >= 0.3 is 0 Å². The molecule has 1 N–H and O–H groups in total. The molecule has 19 heavy (non-hydrogen) atoms. The largest absolute Gasteiger partial charge is 0.373 e. The van der Waals surface area contributed by atoms with Crippen molar-refractivity contribution in [3.8, 4) is 0 Å². The first-order valence-electron chi connectivity index (χ1n) is 7.09. The smallest absolute Gasteiger partial charge is 0.137 e. The highest BCUT2D eigenvalue weighted by atomic mass is 15.2. The predicted molar refractivity (Wildman–Crippen MR) is 80.0 cm³/mol. The molecule has 0 aliphatic carbocycles. The van der Waals surface area contributed by atoms with Gasteiger partial charge in [0.15, 0.2) is 0 Å². The van der Waals surface area contributed by atoms with E-state index in [1.165, 1.54) is 12.0 Å². The highest BCUT2D eigenvalue weighted by Gasteiger charge is 2.21. The monoisotopic (exact) mass is 263 g/mol. The normalized spacial score (nSPS) is 17.6. The number of hydrogen-bond donors (Lipinski definition) is 1. The lowest BCUT2D eigenvalue weighted by molar-refractivity contribution is 0.360. The molecule has 1 saturated heterocycles. The van der Waals surface area contributed by atoms with Gasteiger partial charge in [-0.25, -0.2) is 9.97 Å². The Kier molecular flexibility index (Phi) is 4.58. The van der Waals surface area contributed by atoms with Gasteiger partial charge in [-0.1, -0.05) is 13.8 Å². The van der Waals surface area contributed by atoms with Gasteiger partial charge in [-0.3, -0.25) is 0 Å². The Hall–Kier alpha value is -1.36. The number of aromatic nitrogens is 2. The van der Waals surface area contributed by atoms with Crippen molar-refractivity contribution in [1.82, 2.24) is 14.9 Å². The minimum Gasteiger partial charge on any atom is -0.373 e. The molecule has 0 aromatic carbocycles. The summed E-state index contributed by atoms with van der Waals surface area (Å²) in [5, 5.41) is 3.19. The topological polar surface area (TPSA) is 44.3 Å². The van der Waals surface area contributed by atoms with Gasteiger partial charge < -0.3 is 15.1 Å². The van der Waals surface area contributed by atoms with E-state index in [4.69, 9.17) is 0 Å². The highest BCUT2D eigenvalue weighted by molar-refractivity contribution is 5.60. The summed E-state index contributed by atoms with van der Waals surface area (Å²) in [6.45, 7) is 8.77. The van der Waals surface area contributed by atoms with Crippen LogP contribution in [-0.4, -0.2) is 55.1 Å². The van der Waals surface area contributed by atoms with E-state index >= 15 is 0 Å². The van der Waals surface area contributed by atoms with E-state index in [2.05, 4.69) is 46.0 Å². The summed E-state index contributed by atoms with van der Waals surface area (Å²) in [6, 6.07) is 0. The lowest BCUT2D eigenvalue weighted by atomic mass is 10.0. The van der Waals surface area contributed by atoms with Gasteiger partial charge in [-0.15, -0.1) is 0 Å². The molecule has 2 heterocycles. The summed E-state index contributed by atoms with van der Waals surface area (Å²) in [7, 11) is 4.11. The van der Waals surface area contributed by atoms with E-state index in [1.807, 2.05) is 7.05 Å². The van der Waals surface area contributed by atoms with Gasteiger partial charge in [0, 0.05) is 32.2 Å². The Bertz CT molecular complexity index is 418. The number of nitrogens with zero attached hydrogens (tertiary/aromatic N) is 4. The van der Waals surface area contributed by atoms with Gasteiger partial charge in [0.2, 0.25) is 0 Å². The van der Waals surface area contributed by atoms with Gasteiger partial charge in [0.25, 0.3) is 0 Å². The Morgan fingerprint density at radius 1 is 1.16 bits per heavy atom. The molecule has 1 aliphatic rings. The first-order valence-corrected chi connectivity index (χ1v) is 7.09. The van der Waals surface area contributed by atoms with E-state index < -0.39 is 0 Å². The third-order valence-electron chi connectivity index (χ3n) is 3.70. The fourth-order valence-electron chi connectivity index (χ4n) is 2.63. The van der Waals surface area contributed by atoms with Crippen molar-refractivity contribution in [3.63, 3.8) is 0 Å². The van der Waals surface area contributed by atoms with Crippen molar-refractivity contribution in [1.29, 1.82) is 0 Å². The standard InChI is InChI=1S/C14H25N5/c1-11(2)12-13(15-3)16-10-17-14(12)19-7-5-6-18(4)8-9-19/h10-11H,5-9H2,1-4H3,(H,15,16,17). The number of rotatable bonds is 3. The quantitative estimate of drug-likeness (QED) is 0.900. The Morgan fingerprint density at radius 3 is 2.63 bits per heavy atom. The average Bonchev–Trinajstić information content (AvgIpc) is 2.62. The van der Waals surface area contributed by atoms with Crippen molar-refractivity contribution in [2.75, 3.05) is 50.5 Å². The van der Waals surface area contributed by atoms with E-state index in [9.17, 15) is 0 Å². The number of likely N-dealkylation sites (N-methyl/N-ethyl adjacent to an activating group) is 1. The van der Waals surface area contributed by atoms with Gasteiger partial charge in [-0.2, -0.15) is 0 Å². The maximum absolute atomic E-state index is 4.56. The minimum atomic E-state index is 0.416. The van der Waals surface area contributed by atoms with Crippen LogP contribution in [0.15, 0.2) is 6.33 Å². The number of hydrogen-bond acceptors (Lipinski definition) is 5. The zero-order valence-corrected chi connectivity index (χ0v) is 12.5. The molecule has 0 unspecified atom stereocenters. The maximum Gasteiger partial charge on any atom is 0.137 e. The van der Waals surface area contributed by atoms with E-state index in [0.29, 0.717) is 5.92 Å². The first-order chi connectivity index (χ1) is 9.13. The summed E-state index contributed by atoms with van der Waals surface area (Å²) in [5.74, 6) is 2.47. The summed E-state index contributed by atoms with van der Waals surface area (Å²) in [6.07, 6.45) is 2.86. The predicted octanol–water partition coefficient (Wildman–Crippen LogP) is 1.78. The number of nitrogens with one attached hydrogen (secondary N) is 1. The van der Waals surface area contributed by atoms with Crippen LogP contribution in [0.5, 0.6) is 0 Å². The molecular weight excluding hydrogens is 238 g/mol. The molecule has 0 atom stereocenters. The summed E-state index contributed by atoms with van der Waals surface area (Å²) < 4.78 is 0. The van der Waals surface area contributed by atoms with Crippen molar-refractivity contribution in [2.45, 2.75) is 26.2 Å². The van der Waals surface area contributed by atoms with E-state index in [-0.39, 0.29) is 0 Å². The third kappa shape index (κ3) is 3.15. The lowest BCUT2D eigenvalue weighted by Crippen LogP contribution is -2.30. The van der Waals surface area contributed by atoms with Crippen molar-refractivity contribution in [3.05, 3.63) is 11.9 Å². The molecular formula is C14H25N5. The molecule has 0 saturated carbocycles. The lowest BCUT2D eigenvalue weighted by Gasteiger charge is -2.26. The molecule has 5 heteroatoms. The second-order valence-electron chi connectivity index (χ2n) is 5.51. The Balaban J connectivity index is 2.32. The molecule has 0 bridgehead atoms. The van der Waals surface area contributed by atoms with Crippen molar-refractivity contribution >= 4 is 11.6 Å². The number of anilines is 2. The second kappa shape index (κ2) is 6.19. The molecule has 106 valence electrons. The fraction of sp³-hybridized carbons (Fsp3) is 0.714. The van der Waals surface area contributed by atoms with Gasteiger partial charge in [0.05, 0.1) is 0 Å².